The van der Waals surface area contributed by atoms with Gasteiger partial charge in [-0.3, -0.25) is 9.59 Å². The fourth-order valence-electron chi connectivity index (χ4n) is 3.54. The Balaban J connectivity index is 1.73. The predicted octanol–water partition coefficient (Wildman–Crippen LogP) is 2.44. The van der Waals surface area contributed by atoms with Crippen molar-refractivity contribution in [1.82, 2.24) is 15.3 Å². The van der Waals surface area contributed by atoms with Crippen LogP contribution in [-0.4, -0.2) is 40.9 Å². The van der Waals surface area contributed by atoms with Crippen LogP contribution in [0.25, 0.3) is 0 Å². The van der Waals surface area contributed by atoms with Crippen molar-refractivity contribution in [1.29, 1.82) is 0 Å². The van der Waals surface area contributed by atoms with Crippen molar-refractivity contribution in [2.45, 2.75) is 44.7 Å². The summed E-state index contributed by atoms with van der Waals surface area (Å²) in [7, 11) is 1.25. The Morgan fingerprint density at radius 1 is 1.17 bits per heavy atom. The molecule has 0 bridgehead atoms. The fourth-order valence-corrected chi connectivity index (χ4v) is 3.54. The highest BCUT2D eigenvalue weighted by Gasteiger charge is 2.26. The van der Waals surface area contributed by atoms with Gasteiger partial charge in [0.2, 0.25) is 17.6 Å². The van der Waals surface area contributed by atoms with E-state index in [1.807, 2.05) is 0 Å². The van der Waals surface area contributed by atoms with Gasteiger partial charge in [0.1, 0.15) is 17.1 Å². The van der Waals surface area contributed by atoms with E-state index < -0.39 is 23.0 Å². The summed E-state index contributed by atoms with van der Waals surface area (Å²) in [5.74, 6) is -3.45. The molecule has 4 N–H and O–H groups in total. The molecule has 8 nitrogen and oxygen atoms in total. The van der Waals surface area contributed by atoms with Crippen LogP contribution < -0.4 is 21.1 Å². The van der Waals surface area contributed by atoms with Crippen LogP contribution in [0.1, 0.15) is 48.5 Å². The summed E-state index contributed by atoms with van der Waals surface area (Å²) < 4.78 is 32.8. The summed E-state index contributed by atoms with van der Waals surface area (Å²) >= 11 is 0. The van der Waals surface area contributed by atoms with Crippen molar-refractivity contribution in [2.24, 2.45) is 0 Å². The summed E-state index contributed by atoms with van der Waals surface area (Å²) in [5, 5.41) is 6.07. The van der Waals surface area contributed by atoms with E-state index in [4.69, 9.17) is 10.5 Å². The molecule has 1 heterocycles. The molecular weight excluding hydrogens is 396 g/mol. The maximum atomic E-state index is 14.2. The number of ketones is 1. The zero-order chi connectivity index (χ0) is 21.8. The number of ether oxygens (including phenoxy) is 1. The Bertz CT molecular complexity index is 962. The number of aromatic nitrogens is 2. The molecule has 2 aromatic rings. The van der Waals surface area contributed by atoms with Crippen molar-refractivity contribution in [3.8, 4) is 5.75 Å². The summed E-state index contributed by atoms with van der Waals surface area (Å²) in [6, 6.07) is 2.29. The molecule has 0 aliphatic heterocycles. The van der Waals surface area contributed by atoms with Gasteiger partial charge in [-0.2, -0.15) is 4.98 Å². The van der Waals surface area contributed by atoms with Gasteiger partial charge in [-0.1, -0.05) is 0 Å². The number of nitrogens with two attached hydrogens (primary N) is 1. The topological polar surface area (TPSA) is 119 Å². The maximum absolute atomic E-state index is 14.2. The van der Waals surface area contributed by atoms with Crippen LogP contribution in [0.15, 0.2) is 18.3 Å². The van der Waals surface area contributed by atoms with Crippen LogP contribution in [-0.2, 0) is 4.79 Å². The monoisotopic (exact) mass is 419 g/mol. The van der Waals surface area contributed by atoms with E-state index in [1.54, 1.807) is 0 Å². The number of hydrogen-bond donors (Lipinski definition) is 3. The van der Waals surface area contributed by atoms with Crippen LogP contribution >= 0.6 is 0 Å². The first kappa shape index (κ1) is 21.4. The van der Waals surface area contributed by atoms with Crippen LogP contribution in [0.2, 0.25) is 0 Å². The van der Waals surface area contributed by atoms with Gasteiger partial charge in [-0.25, -0.2) is 13.8 Å². The molecule has 1 aliphatic carbocycles. The van der Waals surface area contributed by atoms with Crippen molar-refractivity contribution < 1.29 is 23.1 Å². The number of nitrogens with zero attached hydrogens (tertiary/aromatic N) is 2. The number of methoxy groups -OCH3 is 1. The third-order valence-electron chi connectivity index (χ3n) is 5.03. The number of nitrogens with one attached hydrogen (secondary N) is 2. The lowest BCUT2D eigenvalue weighted by Gasteiger charge is -2.29. The number of rotatable bonds is 6. The summed E-state index contributed by atoms with van der Waals surface area (Å²) in [4.78, 5) is 32.1. The second-order valence-corrected chi connectivity index (χ2v) is 7.15. The smallest absolute Gasteiger partial charge is 0.224 e. The van der Waals surface area contributed by atoms with Gasteiger partial charge >= 0.3 is 0 Å². The number of halogens is 2. The second-order valence-electron chi connectivity index (χ2n) is 7.15. The first-order chi connectivity index (χ1) is 14.3. The molecule has 1 amide bonds. The number of nitrogen functional groups attached to an aromatic ring is 1. The molecule has 1 saturated carbocycles. The first-order valence-corrected chi connectivity index (χ1v) is 9.53. The summed E-state index contributed by atoms with van der Waals surface area (Å²) in [5.41, 5.74) is 5.18. The largest absolute Gasteiger partial charge is 0.496 e. The lowest BCUT2D eigenvalue weighted by atomic mass is 9.91. The molecular formula is C20H23F2N5O3. The zero-order valence-corrected chi connectivity index (χ0v) is 16.7. The second kappa shape index (κ2) is 9.02. The predicted molar refractivity (Wildman–Crippen MR) is 106 cm³/mol. The normalized spacial score (nSPS) is 18.5. The van der Waals surface area contributed by atoms with Gasteiger partial charge < -0.3 is 21.1 Å². The SMILES string of the molecule is COc1ccc(F)c(F)c1C(=O)c1cnc(NC2CCC(NC(C)=O)CC2)nc1N. The Morgan fingerprint density at radius 2 is 1.83 bits per heavy atom. The molecule has 0 radical (unpaired) electrons. The van der Waals surface area contributed by atoms with E-state index in [0.29, 0.717) is 0 Å². The standard InChI is InChI=1S/C20H23F2N5O3/c1-10(28)25-11-3-5-12(6-4-11)26-20-24-9-13(19(23)27-20)18(29)16-15(30-2)8-7-14(21)17(16)22/h7-9,11-12H,3-6H2,1-2H3,(H,25,28)(H3,23,24,26,27). The maximum Gasteiger partial charge on any atom is 0.224 e. The molecule has 1 aromatic carbocycles. The third kappa shape index (κ3) is 4.64. The van der Waals surface area contributed by atoms with Crippen LogP contribution in [0.3, 0.4) is 0 Å². The Hall–Kier alpha value is -3.30. The number of amides is 1. The van der Waals surface area contributed by atoms with E-state index in [2.05, 4.69) is 20.6 Å². The molecule has 0 atom stereocenters. The molecule has 30 heavy (non-hydrogen) atoms. The van der Waals surface area contributed by atoms with Crippen LogP contribution in [0.4, 0.5) is 20.5 Å². The van der Waals surface area contributed by atoms with Gasteiger partial charge in [-0.15, -0.1) is 0 Å². The van der Waals surface area contributed by atoms with Crippen molar-refractivity contribution in [3.05, 3.63) is 41.1 Å². The highest BCUT2D eigenvalue weighted by molar-refractivity contribution is 6.13. The zero-order valence-electron chi connectivity index (χ0n) is 16.7. The molecule has 1 fully saturated rings. The van der Waals surface area contributed by atoms with Gasteiger partial charge in [0.25, 0.3) is 0 Å². The van der Waals surface area contributed by atoms with E-state index in [0.717, 1.165) is 37.8 Å². The minimum Gasteiger partial charge on any atom is -0.496 e. The molecule has 0 saturated heterocycles. The minimum atomic E-state index is -1.32. The number of benzene rings is 1. The fraction of sp³-hybridized carbons (Fsp3) is 0.400. The van der Waals surface area contributed by atoms with Crippen molar-refractivity contribution in [3.63, 3.8) is 0 Å². The number of carbonyl (C=O) groups excluding carboxylic acids is 2. The molecule has 160 valence electrons. The molecule has 0 unspecified atom stereocenters. The highest BCUT2D eigenvalue weighted by atomic mass is 19.2. The Kier molecular flexibility index (Phi) is 6.43. The number of carbonyl (C=O) groups is 2. The van der Waals surface area contributed by atoms with Crippen LogP contribution in [0, 0.1) is 11.6 Å². The van der Waals surface area contributed by atoms with E-state index in [9.17, 15) is 18.4 Å². The highest BCUT2D eigenvalue weighted by Crippen LogP contribution is 2.28. The summed E-state index contributed by atoms with van der Waals surface area (Å²) in [6.45, 7) is 1.50. The quantitative estimate of drug-likeness (QED) is 0.615. The third-order valence-corrected chi connectivity index (χ3v) is 5.03. The minimum absolute atomic E-state index is 0.0471. The molecule has 1 aliphatic rings. The Morgan fingerprint density at radius 3 is 2.43 bits per heavy atom. The van der Waals surface area contributed by atoms with Crippen molar-refractivity contribution in [2.75, 3.05) is 18.2 Å². The van der Waals surface area contributed by atoms with Crippen molar-refractivity contribution >= 4 is 23.5 Å². The van der Waals surface area contributed by atoms with E-state index in [-0.39, 0.29) is 41.1 Å². The average Bonchev–Trinajstić information content (AvgIpc) is 2.70. The lowest BCUT2D eigenvalue weighted by molar-refractivity contribution is -0.119. The molecule has 0 spiro atoms. The van der Waals surface area contributed by atoms with E-state index in [1.165, 1.54) is 20.2 Å². The lowest BCUT2D eigenvalue weighted by Crippen LogP contribution is -2.39. The van der Waals surface area contributed by atoms with Crippen LogP contribution in [0.5, 0.6) is 5.75 Å². The number of anilines is 2. The molecule has 10 heteroatoms. The molecule has 3 rings (SSSR count). The van der Waals surface area contributed by atoms with Gasteiger partial charge in [0.15, 0.2) is 11.6 Å². The van der Waals surface area contributed by atoms with E-state index >= 15 is 0 Å². The number of hydrogen-bond acceptors (Lipinski definition) is 7. The van der Waals surface area contributed by atoms with Gasteiger partial charge in [0.05, 0.1) is 12.7 Å². The average molecular weight is 419 g/mol. The molecule has 1 aromatic heterocycles. The summed E-state index contributed by atoms with van der Waals surface area (Å²) in [6.07, 6.45) is 4.44. The van der Waals surface area contributed by atoms with Gasteiger partial charge in [-0.05, 0) is 37.8 Å². The van der Waals surface area contributed by atoms with Gasteiger partial charge in [0, 0.05) is 25.2 Å². The first-order valence-electron chi connectivity index (χ1n) is 9.53. The Labute approximate surface area is 172 Å².